The molecule has 10 heteroatoms. The number of nitrogens with zero attached hydrogens (tertiary/aromatic N) is 2. The number of ether oxygens (including phenoxy) is 2. The molecule has 2 amide bonds. The minimum atomic E-state index is -4.24. The number of carbonyl (C=O) groups is 2. The lowest BCUT2D eigenvalue weighted by molar-refractivity contribution is -0.139. The van der Waals surface area contributed by atoms with Gasteiger partial charge in [-0.15, -0.1) is 0 Å². The minimum Gasteiger partial charge on any atom is -0.493 e. The molecule has 0 aromatic heterocycles. The largest absolute Gasteiger partial charge is 0.493 e. The first kappa shape index (κ1) is 31.9. The molecule has 0 aliphatic heterocycles. The summed E-state index contributed by atoms with van der Waals surface area (Å²) in [5.74, 6) is -0.120. The quantitative estimate of drug-likeness (QED) is 0.308. The average molecular weight is 608 g/mol. The topological polar surface area (TPSA) is 105 Å². The first-order valence-electron chi connectivity index (χ1n) is 14.6. The highest BCUT2D eigenvalue weighted by Crippen LogP contribution is 2.32. The maximum atomic E-state index is 14.2. The van der Waals surface area contributed by atoms with Crippen LogP contribution >= 0.6 is 0 Å². The Bertz CT molecular complexity index is 1510. The van der Waals surface area contributed by atoms with Gasteiger partial charge < -0.3 is 19.7 Å². The molecule has 0 spiro atoms. The second-order valence-corrected chi connectivity index (χ2v) is 12.8. The number of hydrogen-bond acceptors (Lipinski definition) is 6. The van der Waals surface area contributed by atoms with Crippen molar-refractivity contribution < 1.29 is 27.5 Å². The van der Waals surface area contributed by atoms with E-state index in [0.29, 0.717) is 11.4 Å². The van der Waals surface area contributed by atoms with E-state index in [4.69, 9.17) is 9.47 Å². The molecule has 0 radical (unpaired) electrons. The maximum absolute atomic E-state index is 14.2. The number of benzene rings is 3. The highest BCUT2D eigenvalue weighted by atomic mass is 32.2. The van der Waals surface area contributed by atoms with E-state index in [2.05, 4.69) is 5.32 Å². The number of carbonyl (C=O) groups excluding carboxylic acids is 2. The summed E-state index contributed by atoms with van der Waals surface area (Å²) in [5.41, 5.74) is 2.19. The smallest absolute Gasteiger partial charge is 0.264 e. The predicted octanol–water partition coefficient (Wildman–Crippen LogP) is 5.07. The third kappa shape index (κ3) is 7.87. The van der Waals surface area contributed by atoms with Crippen molar-refractivity contribution in [3.05, 3.63) is 83.9 Å². The predicted molar refractivity (Wildman–Crippen MR) is 167 cm³/mol. The van der Waals surface area contributed by atoms with Gasteiger partial charge in [0.15, 0.2) is 11.5 Å². The summed E-state index contributed by atoms with van der Waals surface area (Å²) >= 11 is 0. The summed E-state index contributed by atoms with van der Waals surface area (Å²) in [6.45, 7) is 3.30. The van der Waals surface area contributed by atoms with Crippen molar-refractivity contribution in [2.45, 2.75) is 69.5 Å². The first-order chi connectivity index (χ1) is 20.6. The third-order valence-corrected chi connectivity index (χ3v) is 9.59. The fourth-order valence-corrected chi connectivity index (χ4v) is 6.82. The van der Waals surface area contributed by atoms with Crippen LogP contribution in [0.4, 0.5) is 5.69 Å². The number of aryl methyl sites for hydroxylation is 1. The monoisotopic (exact) mass is 607 g/mol. The van der Waals surface area contributed by atoms with Crippen LogP contribution in [0.25, 0.3) is 0 Å². The van der Waals surface area contributed by atoms with Crippen molar-refractivity contribution in [3.8, 4) is 11.5 Å². The Labute approximate surface area is 254 Å². The number of para-hydroxylation sites is 1. The molecule has 0 saturated heterocycles. The summed E-state index contributed by atoms with van der Waals surface area (Å²) in [4.78, 5) is 29.0. The van der Waals surface area contributed by atoms with Gasteiger partial charge in [-0.3, -0.25) is 13.9 Å². The Hall–Kier alpha value is -4.05. The van der Waals surface area contributed by atoms with E-state index in [-0.39, 0.29) is 29.1 Å². The standard InChI is InChI=1S/C33H41N3O6S/c1-24-12-11-13-26(20-24)22-35(25(2)33(38)34-27-14-7-5-8-15-27)32(37)23-36(28-16-9-6-10-17-28)43(39,40)29-18-19-30(41-3)31(21-29)42-4/h6,9-13,16-21,25,27H,5,7-8,14-15,22-23H2,1-4H3,(H,34,38)/t25-/m0/s1. The summed E-state index contributed by atoms with van der Waals surface area (Å²) in [7, 11) is -1.34. The zero-order chi connectivity index (χ0) is 31.0. The summed E-state index contributed by atoms with van der Waals surface area (Å²) < 4.78 is 39.9. The second kappa shape index (κ2) is 14.4. The van der Waals surface area contributed by atoms with E-state index in [1.165, 1.54) is 37.3 Å². The SMILES string of the molecule is COc1ccc(S(=O)(=O)N(CC(=O)N(Cc2cccc(C)c2)[C@@H](C)C(=O)NC2CCCCC2)c2ccccc2)cc1OC. The lowest BCUT2D eigenvalue weighted by Gasteiger charge is -2.33. The average Bonchev–Trinajstić information content (AvgIpc) is 3.02. The van der Waals surface area contributed by atoms with E-state index in [0.717, 1.165) is 47.5 Å². The number of nitrogens with one attached hydrogen (secondary N) is 1. The van der Waals surface area contributed by atoms with Crippen LogP contribution in [0.1, 0.15) is 50.2 Å². The summed E-state index contributed by atoms with van der Waals surface area (Å²) in [6.07, 6.45) is 5.10. The van der Waals surface area contributed by atoms with Gasteiger partial charge in [0.25, 0.3) is 10.0 Å². The molecular formula is C33H41N3O6S. The van der Waals surface area contributed by atoms with Crippen LogP contribution in [-0.4, -0.2) is 58.0 Å². The molecule has 1 atom stereocenters. The molecule has 1 aliphatic carbocycles. The highest BCUT2D eigenvalue weighted by Gasteiger charge is 2.33. The van der Waals surface area contributed by atoms with Gasteiger partial charge in [-0.2, -0.15) is 0 Å². The van der Waals surface area contributed by atoms with Crippen LogP contribution in [0.2, 0.25) is 0 Å². The molecule has 1 N–H and O–H groups in total. The first-order valence-corrected chi connectivity index (χ1v) is 16.0. The number of amides is 2. The van der Waals surface area contributed by atoms with Crippen molar-refractivity contribution in [2.75, 3.05) is 25.1 Å². The van der Waals surface area contributed by atoms with Gasteiger partial charge in [-0.1, -0.05) is 67.3 Å². The van der Waals surface area contributed by atoms with Gasteiger partial charge in [0, 0.05) is 18.7 Å². The third-order valence-electron chi connectivity index (χ3n) is 7.82. The Morgan fingerprint density at radius 2 is 1.60 bits per heavy atom. The number of hydrogen-bond donors (Lipinski definition) is 1. The van der Waals surface area contributed by atoms with Gasteiger partial charge in [0.2, 0.25) is 11.8 Å². The van der Waals surface area contributed by atoms with Crippen LogP contribution in [0.3, 0.4) is 0 Å². The zero-order valence-corrected chi connectivity index (χ0v) is 26.1. The van der Waals surface area contributed by atoms with Gasteiger partial charge in [0.1, 0.15) is 12.6 Å². The fourth-order valence-electron chi connectivity index (χ4n) is 5.39. The lowest BCUT2D eigenvalue weighted by Crippen LogP contribution is -2.53. The van der Waals surface area contributed by atoms with E-state index >= 15 is 0 Å². The normalized spacial score (nSPS) is 14.4. The van der Waals surface area contributed by atoms with Crippen LogP contribution < -0.4 is 19.1 Å². The highest BCUT2D eigenvalue weighted by molar-refractivity contribution is 7.92. The molecular weight excluding hydrogens is 566 g/mol. The van der Waals surface area contributed by atoms with Gasteiger partial charge in [0.05, 0.1) is 24.8 Å². The molecule has 4 rings (SSSR count). The Morgan fingerprint density at radius 3 is 2.26 bits per heavy atom. The molecule has 1 fully saturated rings. The van der Waals surface area contributed by atoms with Gasteiger partial charge >= 0.3 is 0 Å². The van der Waals surface area contributed by atoms with Crippen molar-refractivity contribution in [2.24, 2.45) is 0 Å². The Balaban J connectivity index is 1.68. The number of anilines is 1. The molecule has 9 nitrogen and oxygen atoms in total. The van der Waals surface area contributed by atoms with Crippen molar-refractivity contribution >= 4 is 27.5 Å². The lowest BCUT2D eigenvalue weighted by atomic mass is 9.95. The molecule has 0 unspecified atom stereocenters. The molecule has 3 aromatic rings. The molecule has 0 bridgehead atoms. The van der Waals surface area contributed by atoms with Gasteiger partial charge in [-0.05, 0) is 56.5 Å². The Kier molecular flexibility index (Phi) is 10.7. The molecule has 0 heterocycles. The van der Waals surface area contributed by atoms with Crippen molar-refractivity contribution in [1.82, 2.24) is 10.2 Å². The van der Waals surface area contributed by atoms with Crippen molar-refractivity contribution in [1.29, 1.82) is 0 Å². The van der Waals surface area contributed by atoms with E-state index in [1.807, 2.05) is 31.2 Å². The van der Waals surface area contributed by atoms with Gasteiger partial charge in [-0.25, -0.2) is 8.42 Å². The molecule has 3 aromatic carbocycles. The number of sulfonamides is 1. The van der Waals surface area contributed by atoms with E-state index in [1.54, 1.807) is 37.3 Å². The van der Waals surface area contributed by atoms with Crippen LogP contribution in [0.5, 0.6) is 11.5 Å². The Morgan fingerprint density at radius 1 is 0.907 bits per heavy atom. The number of rotatable bonds is 12. The summed E-state index contributed by atoms with van der Waals surface area (Å²) in [5, 5.41) is 3.13. The fraction of sp³-hybridized carbons (Fsp3) is 0.394. The van der Waals surface area contributed by atoms with Crippen molar-refractivity contribution in [3.63, 3.8) is 0 Å². The van der Waals surface area contributed by atoms with Crippen LogP contribution in [-0.2, 0) is 26.2 Å². The van der Waals surface area contributed by atoms with E-state index < -0.39 is 28.5 Å². The molecule has 43 heavy (non-hydrogen) atoms. The minimum absolute atomic E-state index is 0.0601. The maximum Gasteiger partial charge on any atom is 0.264 e. The zero-order valence-electron chi connectivity index (χ0n) is 25.3. The number of methoxy groups -OCH3 is 2. The van der Waals surface area contributed by atoms with Crippen LogP contribution in [0, 0.1) is 6.92 Å². The van der Waals surface area contributed by atoms with Crippen LogP contribution in [0.15, 0.2) is 77.7 Å². The molecule has 1 saturated carbocycles. The molecule has 1 aliphatic rings. The molecule has 230 valence electrons. The summed E-state index contributed by atoms with van der Waals surface area (Å²) in [6, 6.07) is 19.7. The van der Waals surface area contributed by atoms with E-state index in [9.17, 15) is 18.0 Å². The second-order valence-electron chi connectivity index (χ2n) is 10.9.